The van der Waals surface area contributed by atoms with Crippen LogP contribution in [0, 0.1) is 0 Å². The monoisotopic (exact) mass is 325 g/mol. The first-order valence-corrected chi connectivity index (χ1v) is 7.97. The van der Waals surface area contributed by atoms with Crippen molar-refractivity contribution in [2.24, 2.45) is 0 Å². The molecule has 0 atom stereocenters. The number of carbonyl (C=O) groups excluding carboxylic acids is 2. The number of nitrogens with one attached hydrogen (secondary N) is 2. The molecule has 0 bridgehead atoms. The topological polar surface area (TPSA) is 80.3 Å². The Hall–Kier alpha value is -2.89. The van der Waals surface area contributed by atoms with Crippen LogP contribution in [-0.4, -0.2) is 29.5 Å². The minimum absolute atomic E-state index is 0.136. The Morgan fingerprint density at radius 3 is 2.42 bits per heavy atom. The van der Waals surface area contributed by atoms with E-state index in [-0.39, 0.29) is 11.9 Å². The summed E-state index contributed by atoms with van der Waals surface area (Å²) in [6, 6.07) is 10.8. The van der Waals surface area contributed by atoms with Crippen LogP contribution in [0.2, 0.25) is 0 Å². The number of ether oxygens (including phenoxy) is 1. The van der Waals surface area contributed by atoms with Gasteiger partial charge in [-0.2, -0.15) is 0 Å². The van der Waals surface area contributed by atoms with E-state index in [4.69, 9.17) is 4.74 Å². The highest BCUT2D eigenvalue weighted by Crippen LogP contribution is 2.20. The summed E-state index contributed by atoms with van der Waals surface area (Å²) in [7, 11) is 0. The molecule has 1 aromatic heterocycles. The van der Waals surface area contributed by atoms with E-state index in [1.165, 1.54) is 0 Å². The predicted molar refractivity (Wildman–Crippen MR) is 90.4 cm³/mol. The van der Waals surface area contributed by atoms with Gasteiger partial charge in [0.2, 0.25) is 0 Å². The highest BCUT2D eigenvalue weighted by Gasteiger charge is 2.24. The van der Waals surface area contributed by atoms with Gasteiger partial charge in [-0.15, -0.1) is 0 Å². The molecule has 124 valence electrons. The molecule has 0 aliphatic heterocycles. The number of benzene rings is 1. The zero-order chi connectivity index (χ0) is 16.9. The molecule has 1 aromatic carbocycles. The average molecular weight is 325 g/mol. The summed E-state index contributed by atoms with van der Waals surface area (Å²) in [6.07, 6.45) is 3.71. The molecule has 1 saturated carbocycles. The molecule has 0 spiro atoms. The van der Waals surface area contributed by atoms with Crippen LogP contribution in [0.25, 0.3) is 0 Å². The van der Waals surface area contributed by atoms with Crippen LogP contribution in [0.5, 0.6) is 0 Å². The molecule has 6 nitrogen and oxygen atoms in total. The smallest absolute Gasteiger partial charge is 0.338 e. The molecule has 1 aliphatic rings. The SMILES string of the molecule is CCOC(=O)c1ccc(Nc2ccc(C(=O)NC3CC3)nc2)cc1. The second-order valence-corrected chi connectivity index (χ2v) is 5.60. The fourth-order valence-corrected chi connectivity index (χ4v) is 2.16. The van der Waals surface area contributed by atoms with E-state index in [9.17, 15) is 9.59 Å². The van der Waals surface area contributed by atoms with Crippen LogP contribution in [0.15, 0.2) is 42.6 Å². The molecule has 1 aliphatic carbocycles. The number of hydrogen-bond donors (Lipinski definition) is 2. The van der Waals surface area contributed by atoms with Crippen LogP contribution in [0.3, 0.4) is 0 Å². The van der Waals surface area contributed by atoms with Gasteiger partial charge in [-0.1, -0.05) is 0 Å². The first-order valence-electron chi connectivity index (χ1n) is 7.97. The number of anilines is 2. The second-order valence-electron chi connectivity index (χ2n) is 5.60. The molecule has 1 fully saturated rings. The number of hydrogen-bond acceptors (Lipinski definition) is 5. The summed E-state index contributed by atoms with van der Waals surface area (Å²) in [6.45, 7) is 2.13. The van der Waals surface area contributed by atoms with Gasteiger partial charge in [0.25, 0.3) is 5.91 Å². The van der Waals surface area contributed by atoms with Crippen molar-refractivity contribution in [2.45, 2.75) is 25.8 Å². The van der Waals surface area contributed by atoms with Crippen molar-refractivity contribution < 1.29 is 14.3 Å². The van der Waals surface area contributed by atoms with E-state index in [1.54, 1.807) is 49.5 Å². The predicted octanol–water partition coefficient (Wildman–Crippen LogP) is 2.89. The lowest BCUT2D eigenvalue weighted by Crippen LogP contribution is -2.26. The van der Waals surface area contributed by atoms with Crippen molar-refractivity contribution in [2.75, 3.05) is 11.9 Å². The third kappa shape index (κ3) is 4.10. The van der Waals surface area contributed by atoms with Crippen LogP contribution < -0.4 is 10.6 Å². The summed E-state index contributed by atoms with van der Waals surface area (Å²) in [5.74, 6) is -0.473. The quantitative estimate of drug-likeness (QED) is 0.798. The average Bonchev–Trinajstić information content (AvgIpc) is 3.40. The molecule has 2 N–H and O–H groups in total. The molecule has 6 heteroatoms. The van der Waals surface area contributed by atoms with Crippen molar-refractivity contribution in [3.63, 3.8) is 0 Å². The third-order valence-corrected chi connectivity index (χ3v) is 3.59. The van der Waals surface area contributed by atoms with Crippen molar-refractivity contribution in [3.05, 3.63) is 53.9 Å². The Kier molecular flexibility index (Phi) is 4.74. The van der Waals surface area contributed by atoms with E-state index in [0.29, 0.717) is 23.9 Å². The van der Waals surface area contributed by atoms with Crippen LogP contribution in [0.4, 0.5) is 11.4 Å². The Morgan fingerprint density at radius 1 is 1.12 bits per heavy atom. The van der Waals surface area contributed by atoms with Crippen LogP contribution >= 0.6 is 0 Å². The fourth-order valence-electron chi connectivity index (χ4n) is 2.16. The van der Waals surface area contributed by atoms with E-state index < -0.39 is 0 Å². The largest absolute Gasteiger partial charge is 0.462 e. The maximum absolute atomic E-state index is 11.9. The molecule has 0 unspecified atom stereocenters. The molecule has 0 radical (unpaired) electrons. The summed E-state index contributed by atoms with van der Waals surface area (Å²) in [5, 5.41) is 6.08. The number of nitrogens with zero attached hydrogens (tertiary/aromatic N) is 1. The maximum atomic E-state index is 11.9. The molecule has 2 aromatic rings. The molecule has 0 saturated heterocycles. The maximum Gasteiger partial charge on any atom is 0.338 e. The second kappa shape index (κ2) is 7.12. The normalized spacial score (nSPS) is 13.2. The van der Waals surface area contributed by atoms with Gasteiger partial charge in [0.05, 0.1) is 24.1 Å². The van der Waals surface area contributed by atoms with Crippen molar-refractivity contribution in [3.8, 4) is 0 Å². The van der Waals surface area contributed by atoms with Gasteiger partial charge in [0.15, 0.2) is 0 Å². The Morgan fingerprint density at radius 2 is 1.83 bits per heavy atom. The molecule has 24 heavy (non-hydrogen) atoms. The van der Waals surface area contributed by atoms with Gasteiger partial charge in [-0.25, -0.2) is 9.78 Å². The van der Waals surface area contributed by atoms with Crippen LogP contribution in [-0.2, 0) is 4.74 Å². The summed E-state index contributed by atoms with van der Waals surface area (Å²) >= 11 is 0. The lowest BCUT2D eigenvalue weighted by atomic mass is 10.2. The highest BCUT2D eigenvalue weighted by atomic mass is 16.5. The Bertz CT molecular complexity index is 722. The minimum Gasteiger partial charge on any atom is -0.462 e. The van der Waals surface area contributed by atoms with E-state index in [1.807, 2.05) is 0 Å². The minimum atomic E-state index is -0.336. The van der Waals surface area contributed by atoms with Gasteiger partial charge in [0.1, 0.15) is 5.69 Å². The third-order valence-electron chi connectivity index (χ3n) is 3.59. The number of rotatable bonds is 6. The molecule has 1 heterocycles. The zero-order valence-electron chi connectivity index (χ0n) is 13.4. The van der Waals surface area contributed by atoms with Gasteiger partial charge in [0, 0.05) is 11.7 Å². The number of aromatic nitrogens is 1. The number of pyridine rings is 1. The number of amides is 1. The highest BCUT2D eigenvalue weighted by molar-refractivity contribution is 5.93. The molecular weight excluding hydrogens is 306 g/mol. The number of carbonyl (C=O) groups is 2. The Balaban J connectivity index is 1.61. The molecule has 3 rings (SSSR count). The van der Waals surface area contributed by atoms with Gasteiger partial charge in [-0.05, 0) is 56.2 Å². The number of esters is 1. The first-order chi connectivity index (χ1) is 11.7. The first kappa shape index (κ1) is 16.0. The lowest BCUT2D eigenvalue weighted by Gasteiger charge is -2.08. The Labute approximate surface area is 140 Å². The van der Waals surface area contributed by atoms with E-state index >= 15 is 0 Å². The van der Waals surface area contributed by atoms with Crippen molar-refractivity contribution >= 4 is 23.3 Å². The standard InChI is InChI=1S/C18H19N3O3/c1-2-24-18(23)12-3-5-13(6-4-12)20-15-9-10-16(19-11-15)17(22)21-14-7-8-14/h3-6,9-11,14,20H,2,7-8H2,1H3,(H,21,22). The lowest BCUT2D eigenvalue weighted by molar-refractivity contribution is 0.0526. The van der Waals surface area contributed by atoms with Crippen molar-refractivity contribution in [1.82, 2.24) is 10.3 Å². The van der Waals surface area contributed by atoms with Crippen LogP contribution in [0.1, 0.15) is 40.6 Å². The molecule has 1 amide bonds. The van der Waals surface area contributed by atoms with Gasteiger partial charge >= 0.3 is 5.97 Å². The fraction of sp³-hybridized carbons (Fsp3) is 0.278. The van der Waals surface area contributed by atoms with E-state index in [2.05, 4.69) is 15.6 Å². The van der Waals surface area contributed by atoms with Crippen molar-refractivity contribution in [1.29, 1.82) is 0 Å². The van der Waals surface area contributed by atoms with E-state index in [0.717, 1.165) is 24.2 Å². The summed E-state index contributed by atoms with van der Waals surface area (Å²) in [4.78, 5) is 27.7. The zero-order valence-corrected chi connectivity index (χ0v) is 13.4. The summed E-state index contributed by atoms with van der Waals surface area (Å²) < 4.78 is 4.95. The molecular formula is C18H19N3O3. The van der Waals surface area contributed by atoms with Gasteiger partial charge < -0.3 is 15.4 Å². The summed E-state index contributed by atoms with van der Waals surface area (Å²) in [5.41, 5.74) is 2.50. The van der Waals surface area contributed by atoms with Gasteiger partial charge in [-0.3, -0.25) is 4.79 Å².